The van der Waals surface area contributed by atoms with Crippen LogP contribution in [-0.2, 0) is 41.6 Å². The molecule has 1 saturated heterocycles. The summed E-state index contributed by atoms with van der Waals surface area (Å²) in [5, 5.41) is 16.8. The summed E-state index contributed by atoms with van der Waals surface area (Å²) in [4.78, 5) is 59.0. The first-order valence-corrected chi connectivity index (χ1v) is 16.1. The van der Waals surface area contributed by atoms with Gasteiger partial charge >= 0.3 is 11.9 Å². The highest BCUT2D eigenvalue weighted by Gasteiger charge is 2.54. The van der Waals surface area contributed by atoms with Gasteiger partial charge in [-0.25, -0.2) is 14.5 Å². The van der Waals surface area contributed by atoms with Gasteiger partial charge in [0.15, 0.2) is 5.13 Å². The number of esters is 2. The molecule has 3 atom stereocenters. The van der Waals surface area contributed by atoms with Crippen LogP contribution in [0.4, 0.5) is 5.13 Å². The lowest BCUT2D eigenvalue weighted by Gasteiger charge is -2.49. The van der Waals surface area contributed by atoms with E-state index in [2.05, 4.69) is 25.8 Å². The summed E-state index contributed by atoms with van der Waals surface area (Å²) < 4.78 is 12.4. The highest BCUT2D eigenvalue weighted by Crippen LogP contribution is 2.42. The number of likely N-dealkylation sites (N-methyl/N-ethyl adjacent to an activating group) is 1. The normalized spacial score (nSPS) is 20.7. The highest BCUT2D eigenvalue weighted by molar-refractivity contribution is 8.01. The average Bonchev–Trinajstić information content (AvgIpc) is 3.58. The molecule has 226 valence electrons. The van der Waals surface area contributed by atoms with E-state index in [9.17, 15) is 19.2 Å². The fourth-order valence-corrected chi connectivity index (χ4v) is 7.22. The van der Waals surface area contributed by atoms with Crippen LogP contribution >= 0.6 is 34.9 Å². The van der Waals surface area contributed by atoms with Gasteiger partial charge in [-0.1, -0.05) is 11.8 Å². The van der Waals surface area contributed by atoms with Gasteiger partial charge in [0, 0.05) is 30.4 Å². The van der Waals surface area contributed by atoms with Crippen molar-refractivity contribution in [1.29, 1.82) is 0 Å². The van der Waals surface area contributed by atoms with E-state index in [1.54, 1.807) is 10.1 Å². The summed E-state index contributed by atoms with van der Waals surface area (Å²) in [6.45, 7) is 2.78. The van der Waals surface area contributed by atoms with E-state index in [0.717, 1.165) is 19.4 Å². The van der Waals surface area contributed by atoms with E-state index < -0.39 is 35.6 Å². The number of aromatic nitrogens is 5. The molecule has 2 aromatic rings. The maximum Gasteiger partial charge on any atom is 0.358 e. The zero-order valence-corrected chi connectivity index (χ0v) is 25.7. The van der Waals surface area contributed by atoms with Crippen LogP contribution in [0.1, 0.15) is 25.5 Å². The molecule has 4 heterocycles. The number of hydrogen-bond acceptors (Lipinski definition) is 15. The van der Waals surface area contributed by atoms with E-state index in [0.29, 0.717) is 39.6 Å². The topological polar surface area (TPSA) is 188 Å². The van der Waals surface area contributed by atoms with Crippen molar-refractivity contribution in [3.63, 3.8) is 0 Å². The third kappa shape index (κ3) is 7.04. The van der Waals surface area contributed by atoms with Crippen molar-refractivity contribution in [2.24, 2.45) is 5.92 Å². The van der Waals surface area contributed by atoms with E-state index in [1.807, 2.05) is 19.0 Å². The second kappa shape index (κ2) is 13.0. The van der Waals surface area contributed by atoms with Crippen LogP contribution in [0.2, 0.25) is 0 Å². The molecule has 1 aliphatic carbocycles. The molecule has 2 fully saturated rings. The third-order valence-electron chi connectivity index (χ3n) is 6.57. The molecular formula is C24H31N9O6S3. The number of nitrogens with zero attached hydrogens (tertiary/aromatic N) is 7. The molecule has 0 aromatic carbocycles. The number of hydrogen-bond donors (Lipinski definition) is 2. The Balaban J connectivity index is 1.30. The van der Waals surface area contributed by atoms with Crippen LogP contribution in [0.25, 0.3) is 0 Å². The maximum atomic E-state index is 13.5. The lowest BCUT2D eigenvalue weighted by Crippen LogP contribution is -2.70. The molecule has 15 nitrogen and oxygen atoms in total. The van der Waals surface area contributed by atoms with Crippen molar-refractivity contribution in [3.05, 3.63) is 22.3 Å². The number of amides is 2. The fraction of sp³-hybridized carbons (Fsp3) is 0.583. The van der Waals surface area contributed by atoms with E-state index in [-0.39, 0.29) is 23.9 Å². The number of nitrogens with one attached hydrogen (secondary N) is 1. The van der Waals surface area contributed by atoms with Crippen molar-refractivity contribution >= 4 is 63.7 Å². The quantitative estimate of drug-likeness (QED) is 0.130. The van der Waals surface area contributed by atoms with E-state index >= 15 is 0 Å². The Hall–Kier alpha value is -3.22. The van der Waals surface area contributed by atoms with Crippen LogP contribution in [-0.4, -0.2) is 109 Å². The van der Waals surface area contributed by atoms with Gasteiger partial charge in [-0.15, -0.1) is 28.2 Å². The molecule has 2 aliphatic heterocycles. The molecule has 18 heteroatoms. The number of rotatable bonds is 13. The number of carbonyl (C=O) groups excluding carboxylic acids is 4. The standard InChI is InChI=1S/C24H31N9O6S3/c1-12(38-21(36)13-4-5-13)39-22(37)18-14(10-42-24-28-29-30-32(24)7-6-31(2)3)9-40-20-17(19(35)33(18)20)27-16(34)8-15-11-41-23(25)26-15/h11-13,17,20H,4-10H2,1-3H3,(H2,25,26)(H,27,34)/t12?,17-,20+/m1/s1. The van der Waals surface area contributed by atoms with E-state index in [1.165, 1.54) is 46.7 Å². The minimum atomic E-state index is -1.13. The molecule has 0 radical (unpaired) electrons. The molecular weight excluding hydrogens is 607 g/mol. The summed E-state index contributed by atoms with van der Waals surface area (Å²) in [7, 11) is 3.90. The first-order chi connectivity index (χ1) is 20.1. The molecule has 2 amide bonds. The number of thioether (sulfide) groups is 2. The van der Waals surface area contributed by atoms with Crippen LogP contribution in [0.3, 0.4) is 0 Å². The van der Waals surface area contributed by atoms with Crippen LogP contribution in [0.5, 0.6) is 0 Å². The summed E-state index contributed by atoms with van der Waals surface area (Å²) in [5.41, 5.74) is 6.89. The van der Waals surface area contributed by atoms with Crippen molar-refractivity contribution in [3.8, 4) is 0 Å². The third-order valence-corrected chi connectivity index (χ3v) is 9.67. The second-order valence-corrected chi connectivity index (χ2v) is 13.2. The summed E-state index contributed by atoms with van der Waals surface area (Å²) in [6, 6.07) is -0.820. The van der Waals surface area contributed by atoms with Gasteiger partial charge in [0.05, 0.1) is 24.6 Å². The van der Waals surface area contributed by atoms with Crippen molar-refractivity contribution < 1.29 is 28.7 Å². The number of anilines is 1. The molecule has 3 N–H and O–H groups in total. The lowest BCUT2D eigenvalue weighted by atomic mass is 10.0. The fourth-order valence-electron chi connectivity index (χ4n) is 4.27. The average molecular weight is 638 g/mol. The minimum absolute atomic E-state index is 0.0199. The number of carbonyl (C=O) groups is 4. The number of nitrogens with two attached hydrogens (primary N) is 1. The van der Waals surface area contributed by atoms with Crippen molar-refractivity contribution in [2.75, 3.05) is 37.9 Å². The first kappa shape index (κ1) is 30.2. The predicted molar refractivity (Wildman–Crippen MR) is 154 cm³/mol. The largest absolute Gasteiger partial charge is 0.425 e. The molecule has 1 unspecified atom stereocenters. The Kier molecular flexibility index (Phi) is 9.34. The molecule has 5 rings (SSSR count). The van der Waals surface area contributed by atoms with Gasteiger partial charge in [0.1, 0.15) is 17.1 Å². The molecule has 3 aliphatic rings. The molecule has 0 bridgehead atoms. The summed E-state index contributed by atoms with van der Waals surface area (Å²) in [6.07, 6.45) is 0.359. The number of fused-ring (bicyclic) bond motifs is 1. The smallest absolute Gasteiger partial charge is 0.358 e. The van der Waals surface area contributed by atoms with E-state index in [4.69, 9.17) is 15.2 Å². The zero-order chi connectivity index (χ0) is 30.0. The zero-order valence-electron chi connectivity index (χ0n) is 23.2. The Morgan fingerprint density at radius 1 is 1.29 bits per heavy atom. The lowest BCUT2D eigenvalue weighted by molar-refractivity contribution is -0.185. The Bertz CT molecular complexity index is 1390. The van der Waals surface area contributed by atoms with Crippen molar-refractivity contribution in [1.82, 2.24) is 40.3 Å². The molecule has 1 saturated carbocycles. The van der Waals surface area contributed by atoms with Crippen LogP contribution in [0, 0.1) is 5.92 Å². The number of ether oxygens (including phenoxy) is 2. The molecule has 42 heavy (non-hydrogen) atoms. The van der Waals surface area contributed by atoms with Gasteiger partial charge in [0.25, 0.3) is 5.91 Å². The number of thiazole rings is 1. The van der Waals surface area contributed by atoms with Gasteiger partial charge in [-0.2, -0.15) is 0 Å². The SMILES string of the molecule is CC(OC(=O)C1=C(CSc2nnnn2CCN(C)C)CS[C@H]2[C@H](NC(=O)Cc3csc(N)n3)C(=O)N12)OC(=O)C1CC1. The minimum Gasteiger partial charge on any atom is -0.425 e. The van der Waals surface area contributed by atoms with Gasteiger partial charge < -0.3 is 25.4 Å². The van der Waals surface area contributed by atoms with Crippen LogP contribution < -0.4 is 11.1 Å². The highest BCUT2D eigenvalue weighted by atomic mass is 32.2. The second-order valence-electron chi connectivity index (χ2n) is 10.2. The summed E-state index contributed by atoms with van der Waals surface area (Å²) >= 11 is 4.00. The summed E-state index contributed by atoms with van der Waals surface area (Å²) in [5.74, 6) is -1.45. The van der Waals surface area contributed by atoms with Crippen LogP contribution in [0.15, 0.2) is 21.8 Å². The van der Waals surface area contributed by atoms with Gasteiger partial charge in [0.2, 0.25) is 17.4 Å². The Morgan fingerprint density at radius 2 is 2.07 bits per heavy atom. The number of nitrogen functional groups attached to an aromatic ring is 1. The first-order valence-electron chi connectivity index (χ1n) is 13.2. The monoisotopic (exact) mass is 637 g/mol. The molecule has 0 spiro atoms. The molecule has 2 aromatic heterocycles. The van der Waals surface area contributed by atoms with Crippen molar-refractivity contribution in [2.45, 2.75) is 55.6 Å². The predicted octanol–water partition coefficient (Wildman–Crippen LogP) is 0.105. The maximum absolute atomic E-state index is 13.5. The Morgan fingerprint density at radius 3 is 2.76 bits per heavy atom. The Labute approximate surface area is 253 Å². The van der Waals surface area contributed by atoms with Gasteiger partial charge in [-0.3, -0.25) is 19.3 Å². The number of tetrazole rings is 1. The van der Waals surface area contributed by atoms with Gasteiger partial charge in [-0.05, 0) is 42.9 Å². The number of β-lactam (4-membered cyclic amide) rings is 1.